The number of esters is 1. The summed E-state index contributed by atoms with van der Waals surface area (Å²) < 4.78 is 17.8. The van der Waals surface area contributed by atoms with Gasteiger partial charge < -0.3 is 4.74 Å². The van der Waals surface area contributed by atoms with Gasteiger partial charge in [-0.2, -0.15) is 5.10 Å². The Kier molecular flexibility index (Phi) is 2.63. The van der Waals surface area contributed by atoms with Crippen LogP contribution < -0.4 is 0 Å². The highest BCUT2D eigenvalue weighted by atomic mass is 19.1. The number of carbonyl (C=O) groups excluding carboxylic acids is 1. The van der Waals surface area contributed by atoms with Crippen LogP contribution in [0.2, 0.25) is 0 Å². The van der Waals surface area contributed by atoms with E-state index in [9.17, 15) is 9.18 Å². The largest absolute Gasteiger partial charge is 0.464 e. The van der Waals surface area contributed by atoms with E-state index in [1.54, 1.807) is 12.1 Å². The van der Waals surface area contributed by atoms with Gasteiger partial charge in [0.2, 0.25) is 0 Å². The van der Waals surface area contributed by atoms with E-state index in [1.165, 1.54) is 25.4 Å². The third-order valence-electron chi connectivity index (χ3n) is 1.95. The average Bonchev–Trinajstić information content (AvgIpc) is 2.78. The highest BCUT2D eigenvalue weighted by molar-refractivity contribution is 5.86. The van der Waals surface area contributed by atoms with Gasteiger partial charge in [-0.1, -0.05) is 12.1 Å². The number of benzene rings is 1. The topological polar surface area (TPSA) is 57.0 Å². The number of hydrogen-bond acceptors (Lipinski definition) is 4. The average molecular weight is 221 g/mol. The van der Waals surface area contributed by atoms with Crippen LogP contribution in [0.5, 0.6) is 0 Å². The zero-order valence-electron chi connectivity index (χ0n) is 8.42. The van der Waals surface area contributed by atoms with Gasteiger partial charge in [-0.15, -0.1) is 9.90 Å². The Hall–Kier alpha value is -2.24. The second-order valence-corrected chi connectivity index (χ2v) is 2.96. The van der Waals surface area contributed by atoms with Crippen LogP contribution in [0.1, 0.15) is 10.5 Å². The number of halogens is 1. The van der Waals surface area contributed by atoms with Crippen molar-refractivity contribution in [3.63, 3.8) is 0 Å². The monoisotopic (exact) mass is 221 g/mol. The molecule has 1 aromatic heterocycles. The molecule has 0 aliphatic heterocycles. The maximum absolute atomic E-state index is 13.4. The van der Waals surface area contributed by atoms with Gasteiger partial charge in [0.05, 0.1) is 13.3 Å². The van der Waals surface area contributed by atoms with Crippen molar-refractivity contribution in [2.75, 3.05) is 7.11 Å². The Morgan fingerprint density at radius 1 is 1.44 bits per heavy atom. The van der Waals surface area contributed by atoms with E-state index in [4.69, 9.17) is 0 Å². The highest BCUT2D eigenvalue weighted by Crippen LogP contribution is 2.10. The second kappa shape index (κ2) is 4.09. The zero-order chi connectivity index (χ0) is 11.5. The Bertz CT molecular complexity index is 524. The molecule has 0 saturated carbocycles. The van der Waals surface area contributed by atoms with Crippen LogP contribution in [0.3, 0.4) is 0 Å². The molecule has 0 amide bonds. The number of nitrogens with zero attached hydrogens (tertiary/aromatic N) is 3. The van der Waals surface area contributed by atoms with Gasteiger partial charge in [0.15, 0.2) is 11.5 Å². The Morgan fingerprint density at radius 3 is 2.88 bits per heavy atom. The fourth-order valence-electron chi connectivity index (χ4n) is 1.19. The van der Waals surface area contributed by atoms with Crippen molar-refractivity contribution in [2.24, 2.45) is 0 Å². The first-order valence-corrected chi connectivity index (χ1v) is 4.48. The van der Waals surface area contributed by atoms with Crippen molar-refractivity contribution >= 4 is 5.97 Å². The highest BCUT2D eigenvalue weighted by Gasteiger charge is 2.12. The molecule has 0 radical (unpaired) electrons. The molecule has 82 valence electrons. The molecule has 16 heavy (non-hydrogen) atoms. The number of hydrogen-bond donors (Lipinski definition) is 0. The van der Waals surface area contributed by atoms with Crippen LogP contribution in [0.15, 0.2) is 30.5 Å². The zero-order valence-corrected chi connectivity index (χ0v) is 8.42. The van der Waals surface area contributed by atoms with Crippen LogP contribution >= 0.6 is 0 Å². The van der Waals surface area contributed by atoms with E-state index < -0.39 is 11.8 Å². The maximum Gasteiger partial charge on any atom is 0.360 e. The maximum atomic E-state index is 13.4. The lowest BCUT2D eigenvalue weighted by atomic mass is 10.3. The van der Waals surface area contributed by atoms with Crippen LogP contribution in [-0.4, -0.2) is 28.1 Å². The van der Waals surface area contributed by atoms with Gasteiger partial charge in [-0.3, -0.25) is 0 Å². The summed E-state index contributed by atoms with van der Waals surface area (Å²) in [6.07, 6.45) is 1.22. The van der Waals surface area contributed by atoms with Crippen molar-refractivity contribution in [3.05, 3.63) is 42.0 Å². The summed E-state index contributed by atoms with van der Waals surface area (Å²) >= 11 is 0. The van der Waals surface area contributed by atoms with Gasteiger partial charge in [-0.05, 0) is 12.1 Å². The van der Waals surface area contributed by atoms with Gasteiger partial charge >= 0.3 is 5.97 Å². The first-order valence-electron chi connectivity index (χ1n) is 4.48. The summed E-state index contributed by atoms with van der Waals surface area (Å²) in [4.78, 5) is 12.2. The molecular formula is C10H8FN3O2. The van der Waals surface area contributed by atoms with Crippen molar-refractivity contribution in [1.82, 2.24) is 15.0 Å². The number of carbonyl (C=O) groups is 1. The van der Waals surface area contributed by atoms with Crippen molar-refractivity contribution < 1.29 is 13.9 Å². The minimum atomic E-state index is -0.609. The first-order chi connectivity index (χ1) is 7.72. The number of para-hydroxylation sites is 1. The lowest BCUT2D eigenvalue weighted by molar-refractivity contribution is 0.0593. The number of rotatable bonds is 2. The number of aromatic nitrogens is 3. The smallest absolute Gasteiger partial charge is 0.360 e. The predicted molar refractivity (Wildman–Crippen MR) is 52.7 cm³/mol. The van der Waals surface area contributed by atoms with Crippen molar-refractivity contribution in [1.29, 1.82) is 0 Å². The molecule has 5 nitrogen and oxygen atoms in total. The quantitative estimate of drug-likeness (QED) is 0.715. The lowest BCUT2D eigenvalue weighted by Gasteiger charge is -1.99. The van der Waals surface area contributed by atoms with E-state index in [1.807, 2.05) is 0 Å². The van der Waals surface area contributed by atoms with E-state index in [0.717, 1.165) is 4.80 Å². The third-order valence-corrected chi connectivity index (χ3v) is 1.95. The molecular weight excluding hydrogens is 213 g/mol. The molecule has 0 unspecified atom stereocenters. The van der Waals surface area contributed by atoms with Gasteiger partial charge in [0, 0.05) is 0 Å². The van der Waals surface area contributed by atoms with Crippen LogP contribution in [-0.2, 0) is 4.74 Å². The Morgan fingerprint density at radius 2 is 2.19 bits per heavy atom. The normalized spacial score (nSPS) is 10.1. The van der Waals surface area contributed by atoms with E-state index in [2.05, 4.69) is 14.9 Å². The van der Waals surface area contributed by atoms with E-state index >= 15 is 0 Å². The molecule has 0 atom stereocenters. The molecule has 0 bridgehead atoms. The second-order valence-electron chi connectivity index (χ2n) is 2.96. The van der Waals surface area contributed by atoms with Crippen LogP contribution in [0.4, 0.5) is 4.39 Å². The first kappa shape index (κ1) is 10.3. The van der Waals surface area contributed by atoms with Crippen molar-refractivity contribution in [3.8, 4) is 5.69 Å². The van der Waals surface area contributed by atoms with Crippen LogP contribution in [0.25, 0.3) is 5.69 Å². The van der Waals surface area contributed by atoms with E-state index in [0.29, 0.717) is 0 Å². The summed E-state index contributed by atoms with van der Waals surface area (Å²) in [5.41, 5.74) is 0.211. The molecule has 1 heterocycles. The molecule has 0 aliphatic carbocycles. The fraction of sp³-hybridized carbons (Fsp3) is 0.100. The molecule has 1 aromatic carbocycles. The molecule has 0 saturated heterocycles. The molecule has 6 heteroatoms. The summed E-state index contributed by atoms with van der Waals surface area (Å²) in [7, 11) is 1.24. The summed E-state index contributed by atoms with van der Waals surface area (Å²) in [6.45, 7) is 0. The molecule has 0 N–H and O–H groups in total. The van der Waals surface area contributed by atoms with Crippen molar-refractivity contribution in [2.45, 2.75) is 0 Å². The summed E-state index contributed by atoms with van der Waals surface area (Å²) in [5, 5.41) is 7.58. The predicted octanol–water partition coefficient (Wildman–Crippen LogP) is 1.19. The van der Waals surface area contributed by atoms with Gasteiger partial charge in [0.1, 0.15) is 5.69 Å². The fourth-order valence-corrected chi connectivity index (χ4v) is 1.19. The van der Waals surface area contributed by atoms with Gasteiger partial charge in [-0.25, -0.2) is 9.18 Å². The molecule has 0 aliphatic rings. The standard InChI is InChI=1S/C10H8FN3O2/c1-16-10(15)8-6-12-14(13-8)9-5-3-2-4-7(9)11/h2-6H,1H3. The third kappa shape index (κ3) is 1.77. The molecule has 0 fully saturated rings. The van der Waals surface area contributed by atoms with E-state index in [-0.39, 0.29) is 11.4 Å². The minimum absolute atomic E-state index is 0.0331. The SMILES string of the molecule is COC(=O)c1cnn(-c2ccccc2F)n1. The number of ether oxygens (including phenoxy) is 1. The van der Waals surface area contributed by atoms with Gasteiger partial charge in [0.25, 0.3) is 0 Å². The lowest BCUT2D eigenvalue weighted by Crippen LogP contribution is -2.05. The Labute approximate surface area is 90.5 Å². The summed E-state index contributed by atoms with van der Waals surface area (Å²) in [6, 6.07) is 6.01. The molecule has 0 spiro atoms. The Balaban J connectivity index is 2.39. The summed E-state index contributed by atoms with van der Waals surface area (Å²) in [5.74, 6) is -1.07. The molecule has 2 aromatic rings. The minimum Gasteiger partial charge on any atom is -0.464 e. The molecule has 2 rings (SSSR count). The van der Waals surface area contributed by atoms with Crippen LogP contribution in [0, 0.1) is 5.82 Å². The number of methoxy groups -OCH3 is 1.